The summed E-state index contributed by atoms with van der Waals surface area (Å²) in [5.41, 5.74) is 3.24. The van der Waals surface area contributed by atoms with Gasteiger partial charge in [-0.2, -0.15) is 0 Å². The molecule has 0 unspecified atom stereocenters. The number of unbranched alkanes of at least 4 members (excludes halogenated alkanes) is 4. The van der Waals surface area contributed by atoms with Crippen molar-refractivity contribution in [1.82, 2.24) is 9.55 Å². The summed E-state index contributed by atoms with van der Waals surface area (Å²) in [6.45, 7) is 3.83. The Balaban J connectivity index is 1.39. The Hall–Kier alpha value is -2.81. The van der Waals surface area contributed by atoms with Crippen LogP contribution in [0.4, 0.5) is 0 Å². The number of pyridine rings is 1. The van der Waals surface area contributed by atoms with E-state index in [-0.39, 0.29) is 0 Å². The van der Waals surface area contributed by atoms with Gasteiger partial charge in [-0.25, -0.2) is 4.98 Å². The third kappa shape index (κ3) is 4.36. The maximum absolute atomic E-state index is 6.01. The van der Waals surface area contributed by atoms with Gasteiger partial charge in [0.25, 0.3) is 0 Å². The molecule has 0 atom stereocenters. The number of fused-ring (bicyclic) bond motifs is 2. The Labute approximate surface area is 167 Å². The van der Waals surface area contributed by atoms with E-state index in [4.69, 9.17) is 4.74 Å². The number of nitrogens with zero attached hydrogens (tertiary/aromatic N) is 2. The van der Waals surface area contributed by atoms with Crippen molar-refractivity contribution in [3.05, 3.63) is 72.6 Å². The smallest absolute Gasteiger partial charge is 0.130 e. The summed E-state index contributed by atoms with van der Waals surface area (Å²) in [7, 11) is 0. The zero-order valence-electron chi connectivity index (χ0n) is 16.6. The number of benzene rings is 2. The summed E-state index contributed by atoms with van der Waals surface area (Å²) >= 11 is 0. The largest absolute Gasteiger partial charge is 0.487 e. The molecule has 3 heteroatoms. The van der Waals surface area contributed by atoms with Gasteiger partial charge >= 0.3 is 0 Å². The van der Waals surface area contributed by atoms with Crippen molar-refractivity contribution in [3.63, 3.8) is 0 Å². The van der Waals surface area contributed by atoms with E-state index in [2.05, 4.69) is 59.1 Å². The number of ether oxygens (including phenoxy) is 1. The van der Waals surface area contributed by atoms with Crippen LogP contribution < -0.4 is 4.74 Å². The quantitative estimate of drug-likeness (QED) is 0.304. The minimum Gasteiger partial charge on any atom is -0.487 e. The van der Waals surface area contributed by atoms with Gasteiger partial charge in [0.2, 0.25) is 0 Å². The summed E-state index contributed by atoms with van der Waals surface area (Å²) in [5, 5.41) is 2.39. The highest BCUT2D eigenvalue weighted by Crippen LogP contribution is 2.23. The average Bonchev–Trinajstić information content (AvgIpc) is 3.14. The zero-order valence-corrected chi connectivity index (χ0v) is 16.6. The second-order valence-electron chi connectivity index (χ2n) is 7.43. The molecular weight excluding hydrogens is 344 g/mol. The van der Waals surface area contributed by atoms with Crippen molar-refractivity contribution < 1.29 is 4.74 Å². The van der Waals surface area contributed by atoms with E-state index in [9.17, 15) is 0 Å². The Morgan fingerprint density at radius 2 is 1.75 bits per heavy atom. The van der Waals surface area contributed by atoms with Crippen molar-refractivity contribution in [3.8, 4) is 5.75 Å². The fraction of sp³-hybridized carbons (Fsp3) is 0.320. The maximum Gasteiger partial charge on any atom is 0.130 e. The van der Waals surface area contributed by atoms with Crippen molar-refractivity contribution in [1.29, 1.82) is 0 Å². The standard InChI is InChI=1S/C25H28N2O/c1-2-3-4-5-8-16-27-17-15-21-18-23(13-14-25(21)27)28-19-22-12-11-20-9-6-7-10-24(20)26-22/h6-7,9-15,17-18H,2-5,8,16,19H2,1H3. The first-order valence-corrected chi connectivity index (χ1v) is 10.4. The molecule has 0 spiro atoms. The van der Waals surface area contributed by atoms with Gasteiger partial charge in [-0.3, -0.25) is 0 Å². The number of para-hydroxylation sites is 1. The predicted molar refractivity (Wildman–Crippen MR) is 117 cm³/mol. The molecule has 4 rings (SSSR count). The summed E-state index contributed by atoms with van der Waals surface area (Å²) in [4.78, 5) is 4.68. The molecule has 0 saturated carbocycles. The van der Waals surface area contributed by atoms with Gasteiger partial charge in [-0.15, -0.1) is 0 Å². The summed E-state index contributed by atoms with van der Waals surface area (Å²) in [6, 6.07) is 20.9. The van der Waals surface area contributed by atoms with E-state index in [1.807, 2.05) is 24.3 Å². The van der Waals surface area contributed by atoms with Crippen LogP contribution in [0.5, 0.6) is 5.75 Å². The van der Waals surface area contributed by atoms with Crippen molar-refractivity contribution >= 4 is 21.8 Å². The van der Waals surface area contributed by atoms with Crippen molar-refractivity contribution in [2.45, 2.75) is 52.2 Å². The highest BCUT2D eigenvalue weighted by atomic mass is 16.5. The number of hydrogen-bond acceptors (Lipinski definition) is 2. The van der Waals surface area contributed by atoms with Gasteiger partial charge in [-0.05, 0) is 42.8 Å². The summed E-state index contributed by atoms with van der Waals surface area (Å²) in [6.07, 6.45) is 8.74. The molecule has 0 aliphatic heterocycles. The van der Waals surface area contributed by atoms with Crippen LogP contribution in [0.1, 0.15) is 44.7 Å². The van der Waals surface area contributed by atoms with E-state index < -0.39 is 0 Å². The third-order valence-corrected chi connectivity index (χ3v) is 5.29. The maximum atomic E-state index is 6.01. The van der Waals surface area contributed by atoms with Gasteiger partial charge in [0, 0.05) is 29.0 Å². The Kier molecular flexibility index (Phi) is 5.91. The second kappa shape index (κ2) is 8.92. The first kappa shape index (κ1) is 18.5. The van der Waals surface area contributed by atoms with Gasteiger partial charge in [-0.1, -0.05) is 56.9 Å². The van der Waals surface area contributed by atoms with E-state index in [1.54, 1.807) is 0 Å². The topological polar surface area (TPSA) is 27.1 Å². The number of hydrogen-bond donors (Lipinski definition) is 0. The molecule has 4 aromatic rings. The van der Waals surface area contributed by atoms with Crippen LogP contribution in [0.2, 0.25) is 0 Å². The summed E-state index contributed by atoms with van der Waals surface area (Å²) in [5.74, 6) is 0.892. The fourth-order valence-electron chi connectivity index (χ4n) is 3.69. The van der Waals surface area contributed by atoms with Gasteiger partial charge < -0.3 is 9.30 Å². The normalized spacial score (nSPS) is 11.3. The molecule has 0 aliphatic carbocycles. The van der Waals surface area contributed by atoms with E-state index in [1.165, 1.54) is 43.0 Å². The Morgan fingerprint density at radius 3 is 2.68 bits per heavy atom. The SMILES string of the molecule is CCCCCCCn1ccc2cc(OCc3ccc4ccccc4n3)ccc21. The lowest BCUT2D eigenvalue weighted by molar-refractivity contribution is 0.302. The monoisotopic (exact) mass is 372 g/mol. The highest BCUT2D eigenvalue weighted by Gasteiger charge is 2.04. The third-order valence-electron chi connectivity index (χ3n) is 5.29. The number of aromatic nitrogens is 2. The molecule has 0 radical (unpaired) electrons. The van der Waals surface area contributed by atoms with Crippen LogP contribution in [0.15, 0.2) is 66.9 Å². The van der Waals surface area contributed by atoms with E-state index in [0.717, 1.165) is 28.9 Å². The average molecular weight is 373 g/mol. The van der Waals surface area contributed by atoms with Crippen LogP contribution in [0, 0.1) is 0 Å². The molecule has 0 fully saturated rings. The number of rotatable bonds is 9. The molecule has 0 N–H and O–H groups in total. The van der Waals surface area contributed by atoms with Crippen LogP contribution in [-0.2, 0) is 13.2 Å². The van der Waals surface area contributed by atoms with Crippen LogP contribution in [0.25, 0.3) is 21.8 Å². The van der Waals surface area contributed by atoms with Gasteiger partial charge in [0.1, 0.15) is 12.4 Å². The van der Waals surface area contributed by atoms with Gasteiger partial charge in [0.15, 0.2) is 0 Å². The van der Waals surface area contributed by atoms with Crippen LogP contribution in [0.3, 0.4) is 0 Å². The lowest BCUT2D eigenvalue weighted by atomic mass is 10.1. The fourth-order valence-corrected chi connectivity index (χ4v) is 3.69. The predicted octanol–water partition coefficient (Wildman–Crippen LogP) is 6.74. The zero-order chi connectivity index (χ0) is 19.2. The molecule has 0 aliphatic rings. The lowest BCUT2D eigenvalue weighted by Crippen LogP contribution is -1.99. The molecule has 2 aromatic carbocycles. The molecule has 2 heterocycles. The van der Waals surface area contributed by atoms with Crippen molar-refractivity contribution in [2.75, 3.05) is 0 Å². The molecule has 0 bridgehead atoms. The minimum atomic E-state index is 0.481. The molecule has 3 nitrogen and oxygen atoms in total. The number of aryl methyl sites for hydroxylation is 1. The molecule has 144 valence electrons. The molecule has 0 saturated heterocycles. The molecular formula is C25H28N2O. The molecule has 2 aromatic heterocycles. The van der Waals surface area contributed by atoms with Gasteiger partial charge in [0.05, 0.1) is 11.2 Å². The highest BCUT2D eigenvalue weighted by molar-refractivity contribution is 5.81. The van der Waals surface area contributed by atoms with Crippen molar-refractivity contribution in [2.24, 2.45) is 0 Å². The summed E-state index contributed by atoms with van der Waals surface area (Å²) < 4.78 is 8.37. The van der Waals surface area contributed by atoms with Crippen LogP contribution >= 0.6 is 0 Å². The minimum absolute atomic E-state index is 0.481. The molecule has 28 heavy (non-hydrogen) atoms. The first-order valence-electron chi connectivity index (χ1n) is 10.4. The van der Waals surface area contributed by atoms with Crippen LogP contribution in [-0.4, -0.2) is 9.55 Å². The Morgan fingerprint density at radius 1 is 0.857 bits per heavy atom. The molecule has 0 amide bonds. The first-order chi connectivity index (χ1) is 13.8. The second-order valence-corrected chi connectivity index (χ2v) is 7.43. The van der Waals surface area contributed by atoms with E-state index >= 15 is 0 Å². The lowest BCUT2D eigenvalue weighted by Gasteiger charge is -2.08. The van der Waals surface area contributed by atoms with E-state index in [0.29, 0.717) is 6.61 Å². The Bertz CT molecular complexity index is 1050.